The predicted octanol–water partition coefficient (Wildman–Crippen LogP) is 0.908. The summed E-state index contributed by atoms with van der Waals surface area (Å²) >= 11 is 8.88. The molecule has 0 fully saturated rings. The van der Waals surface area contributed by atoms with E-state index in [0.29, 0.717) is 6.54 Å². The van der Waals surface area contributed by atoms with Crippen molar-refractivity contribution in [2.45, 2.75) is 6.54 Å². The van der Waals surface area contributed by atoms with Gasteiger partial charge in [-0.15, -0.1) is 0 Å². The van der Waals surface area contributed by atoms with Crippen LogP contribution in [-0.4, -0.2) is 51.4 Å². The van der Waals surface area contributed by atoms with Gasteiger partial charge in [0.25, 0.3) is 0 Å². The normalized spacial score (nSPS) is 10.5. The van der Waals surface area contributed by atoms with Crippen molar-refractivity contribution in [3.8, 4) is 5.75 Å². The Morgan fingerprint density at radius 3 is 2.75 bits per heavy atom. The first kappa shape index (κ1) is 17.2. The molecule has 0 saturated heterocycles. The summed E-state index contributed by atoms with van der Waals surface area (Å²) in [5, 5.41) is 4.03. The molecule has 6 heteroatoms. The molecule has 20 heavy (non-hydrogen) atoms. The number of nitrogens with one attached hydrogen (secondary N) is 2. The van der Waals surface area contributed by atoms with E-state index in [-0.39, 0.29) is 0 Å². The molecule has 112 valence electrons. The van der Waals surface area contributed by atoms with E-state index in [4.69, 9.17) is 17.0 Å². The summed E-state index contributed by atoms with van der Waals surface area (Å²) in [4.78, 5) is 3.42. The average molecular weight is 361 g/mol. The van der Waals surface area contributed by atoms with Crippen molar-refractivity contribution in [2.75, 3.05) is 41.3 Å². The van der Waals surface area contributed by atoms with Crippen LogP contribution >= 0.6 is 28.1 Å². The fourth-order valence-electron chi connectivity index (χ4n) is 1.75. The molecule has 1 aromatic rings. The van der Waals surface area contributed by atoms with E-state index in [1.807, 2.05) is 24.1 Å². The van der Waals surface area contributed by atoms with Gasteiger partial charge in [0.05, 0.1) is 34.3 Å². The standard InChI is InChI=1S/C14H22BrN3OS/c1-17(2)8-7-16-14(20)18(3)10-11-9-12(15)5-6-13(11)19-4/h5-6,9H,7-8,10H2,1-4H3,(H,16,20)/p+1. The zero-order valence-electron chi connectivity index (χ0n) is 12.5. The van der Waals surface area contributed by atoms with Gasteiger partial charge in [-0.3, -0.25) is 0 Å². The van der Waals surface area contributed by atoms with Crippen molar-refractivity contribution < 1.29 is 9.64 Å². The fraction of sp³-hybridized carbons (Fsp3) is 0.500. The number of nitrogens with zero attached hydrogens (tertiary/aromatic N) is 1. The van der Waals surface area contributed by atoms with Crippen LogP contribution in [0.3, 0.4) is 0 Å². The highest BCUT2D eigenvalue weighted by molar-refractivity contribution is 9.10. The molecule has 0 aliphatic carbocycles. The largest absolute Gasteiger partial charge is 0.496 e. The minimum atomic E-state index is 0.712. The first-order valence-electron chi connectivity index (χ1n) is 6.54. The second kappa shape index (κ2) is 8.44. The Bertz CT molecular complexity index is 454. The first-order valence-corrected chi connectivity index (χ1v) is 7.74. The Kier molecular flexibility index (Phi) is 7.26. The van der Waals surface area contributed by atoms with Crippen LogP contribution in [0.15, 0.2) is 22.7 Å². The van der Waals surface area contributed by atoms with Crippen molar-refractivity contribution in [1.82, 2.24) is 10.2 Å². The fourth-order valence-corrected chi connectivity index (χ4v) is 2.33. The second-order valence-electron chi connectivity index (χ2n) is 5.00. The lowest BCUT2D eigenvalue weighted by Crippen LogP contribution is -3.06. The molecule has 0 spiro atoms. The minimum Gasteiger partial charge on any atom is -0.496 e. The first-order chi connectivity index (χ1) is 9.43. The van der Waals surface area contributed by atoms with Gasteiger partial charge in [-0.25, -0.2) is 0 Å². The lowest BCUT2D eigenvalue weighted by molar-refractivity contribution is -0.856. The Hall–Kier alpha value is -0.850. The number of thiocarbonyl (C=S) groups is 1. The Morgan fingerprint density at radius 2 is 2.15 bits per heavy atom. The van der Waals surface area contributed by atoms with E-state index in [9.17, 15) is 0 Å². The molecule has 0 bridgehead atoms. The van der Waals surface area contributed by atoms with Crippen LogP contribution in [0.2, 0.25) is 0 Å². The van der Waals surface area contributed by atoms with E-state index in [0.717, 1.165) is 34.0 Å². The molecule has 2 N–H and O–H groups in total. The number of methoxy groups -OCH3 is 1. The molecular weight excluding hydrogens is 338 g/mol. The monoisotopic (exact) mass is 360 g/mol. The third kappa shape index (κ3) is 5.64. The predicted molar refractivity (Wildman–Crippen MR) is 90.4 cm³/mol. The van der Waals surface area contributed by atoms with E-state index < -0.39 is 0 Å². The molecule has 0 atom stereocenters. The molecule has 0 aliphatic rings. The molecular formula is C14H23BrN3OS+. The number of quaternary nitrogens is 1. The van der Waals surface area contributed by atoms with Crippen molar-refractivity contribution in [1.29, 1.82) is 0 Å². The highest BCUT2D eigenvalue weighted by Crippen LogP contribution is 2.23. The zero-order valence-corrected chi connectivity index (χ0v) is 14.9. The summed E-state index contributed by atoms with van der Waals surface area (Å²) in [5.41, 5.74) is 1.10. The van der Waals surface area contributed by atoms with Crippen LogP contribution in [0, 0.1) is 0 Å². The lowest BCUT2D eigenvalue weighted by atomic mass is 10.2. The van der Waals surface area contributed by atoms with E-state index >= 15 is 0 Å². The third-order valence-corrected chi connectivity index (χ3v) is 3.85. The van der Waals surface area contributed by atoms with Gasteiger partial charge in [0.15, 0.2) is 5.11 Å². The highest BCUT2D eigenvalue weighted by Gasteiger charge is 2.10. The SMILES string of the molecule is COc1ccc(Br)cc1CN(C)C(=S)NCC[NH+](C)C. The van der Waals surface area contributed by atoms with Gasteiger partial charge in [0.1, 0.15) is 5.75 Å². The van der Waals surface area contributed by atoms with Crippen LogP contribution in [0.25, 0.3) is 0 Å². The number of likely N-dealkylation sites (N-methyl/N-ethyl adjacent to an activating group) is 1. The number of benzene rings is 1. The summed E-state index contributed by atoms with van der Waals surface area (Å²) in [6, 6.07) is 5.99. The molecule has 0 heterocycles. The van der Waals surface area contributed by atoms with Crippen LogP contribution in [0.1, 0.15) is 5.56 Å². The van der Waals surface area contributed by atoms with Gasteiger partial charge >= 0.3 is 0 Å². The molecule has 0 saturated carbocycles. The summed E-state index contributed by atoms with van der Waals surface area (Å²) in [5.74, 6) is 0.876. The summed E-state index contributed by atoms with van der Waals surface area (Å²) < 4.78 is 6.42. The average Bonchev–Trinajstić information content (AvgIpc) is 2.38. The summed E-state index contributed by atoms with van der Waals surface area (Å²) in [7, 11) is 7.92. The van der Waals surface area contributed by atoms with Gasteiger partial charge in [-0.2, -0.15) is 0 Å². The molecule has 0 unspecified atom stereocenters. The Balaban J connectivity index is 2.58. The minimum absolute atomic E-state index is 0.712. The Morgan fingerprint density at radius 1 is 1.45 bits per heavy atom. The van der Waals surface area contributed by atoms with E-state index in [2.05, 4.69) is 41.4 Å². The van der Waals surface area contributed by atoms with Gasteiger partial charge < -0.3 is 19.9 Å². The van der Waals surface area contributed by atoms with Gasteiger partial charge in [0.2, 0.25) is 0 Å². The molecule has 0 amide bonds. The van der Waals surface area contributed by atoms with E-state index in [1.54, 1.807) is 7.11 Å². The van der Waals surface area contributed by atoms with Crippen LogP contribution in [-0.2, 0) is 6.54 Å². The van der Waals surface area contributed by atoms with Crippen molar-refractivity contribution in [3.63, 3.8) is 0 Å². The number of ether oxygens (including phenoxy) is 1. The zero-order chi connectivity index (χ0) is 15.1. The number of hydrogen-bond donors (Lipinski definition) is 2. The van der Waals surface area contributed by atoms with Gasteiger partial charge in [0, 0.05) is 23.6 Å². The number of hydrogen-bond acceptors (Lipinski definition) is 2. The molecule has 4 nitrogen and oxygen atoms in total. The van der Waals surface area contributed by atoms with Crippen LogP contribution < -0.4 is 15.0 Å². The maximum absolute atomic E-state index is 5.39. The van der Waals surface area contributed by atoms with Gasteiger partial charge in [-0.1, -0.05) is 15.9 Å². The maximum Gasteiger partial charge on any atom is 0.169 e. The summed E-state index contributed by atoms with van der Waals surface area (Å²) in [6.07, 6.45) is 0. The van der Waals surface area contributed by atoms with Crippen molar-refractivity contribution in [2.24, 2.45) is 0 Å². The number of rotatable bonds is 6. The van der Waals surface area contributed by atoms with Crippen molar-refractivity contribution in [3.05, 3.63) is 28.2 Å². The van der Waals surface area contributed by atoms with Crippen molar-refractivity contribution >= 4 is 33.3 Å². The molecule has 0 aromatic heterocycles. The quantitative estimate of drug-likeness (QED) is 0.737. The van der Waals surface area contributed by atoms with E-state index in [1.165, 1.54) is 4.90 Å². The maximum atomic E-state index is 5.39. The molecule has 1 rings (SSSR count). The summed E-state index contributed by atoms with van der Waals surface area (Å²) in [6.45, 7) is 2.62. The third-order valence-electron chi connectivity index (χ3n) is 2.90. The molecule has 0 aliphatic heterocycles. The Labute approximate surface area is 135 Å². The van der Waals surface area contributed by atoms with Gasteiger partial charge in [-0.05, 0) is 30.4 Å². The second-order valence-corrected chi connectivity index (χ2v) is 6.30. The molecule has 1 aromatic carbocycles. The molecule has 0 radical (unpaired) electrons. The smallest absolute Gasteiger partial charge is 0.169 e. The lowest BCUT2D eigenvalue weighted by Gasteiger charge is -2.22. The van der Waals surface area contributed by atoms with Crippen LogP contribution in [0.5, 0.6) is 5.75 Å². The highest BCUT2D eigenvalue weighted by atomic mass is 79.9. The number of halogens is 1. The van der Waals surface area contributed by atoms with Crippen LogP contribution in [0.4, 0.5) is 0 Å². The topological polar surface area (TPSA) is 28.9 Å².